The lowest BCUT2D eigenvalue weighted by atomic mass is 10.4. The molecule has 0 N–H and O–H groups in total. The summed E-state index contributed by atoms with van der Waals surface area (Å²) < 4.78 is 24.0. The summed E-state index contributed by atoms with van der Waals surface area (Å²) in [5.74, 6) is 0. The minimum absolute atomic E-state index is 0.574. The van der Waals surface area contributed by atoms with E-state index in [0.29, 0.717) is 13.1 Å². The number of nitrogens with zero attached hydrogens (tertiary/aromatic N) is 2. The summed E-state index contributed by atoms with van der Waals surface area (Å²) in [5, 5.41) is 1.01. The van der Waals surface area contributed by atoms with E-state index in [2.05, 4.69) is 11.5 Å². The van der Waals surface area contributed by atoms with Crippen molar-refractivity contribution >= 4 is 10.0 Å². The molecule has 70 valence electrons. The fourth-order valence-corrected chi connectivity index (χ4v) is 2.03. The van der Waals surface area contributed by atoms with Crippen LogP contribution in [0.1, 0.15) is 0 Å². The van der Waals surface area contributed by atoms with Crippen molar-refractivity contribution in [2.45, 2.75) is 0 Å². The Balaban J connectivity index is 2.62. The highest BCUT2D eigenvalue weighted by Gasteiger charge is 2.22. The van der Waals surface area contributed by atoms with Crippen LogP contribution in [0.15, 0.2) is 12.0 Å². The van der Waals surface area contributed by atoms with Crippen LogP contribution in [-0.4, -0.2) is 50.8 Å². The van der Waals surface area contributed by atoms with E-state index in [1.54, 1.807) is 0 Å². The van der Waals surface area contributed by atoms with Gasteiger partial charge in [-0.2, -0.15) is 4.31 Å². The van der Waals surface area contributed by atoms with Gasteiger partial charge in [0.15, 0.2) is 0 Å². The molecule has 0 saturated carbocycles. The van der Waals surface area contributed by atoms with Gasteiger partial charge in [-0.15, -0.1) is 0 Å². The Morgan fingerprint density at radius 3 is 2.17 bits per heavy atom. The molecule has 0 aromatic carbocycles. The average Bonchev–Trinajstić information content (AvgIpc) is 2.05. The van der Waals surface area contributed by atoms with Crippen molar-refractivity contribution in [3.05, 3.63) is 12.0 Å². The number of sulfonamides is 1. The Kier molecular flexibility index (Phi) is 2.87. The van der Waals surface area contributed by atoms with Gasteiger partial charge in [0.1, 0.15) is 0 Å². The van der Waals surface area contributed by atoms with Gasteiger partial charge in [-0.25, -0.2) is 8.42 Å². The molecule has 0 bridgehead atoms. The van der Waals surface area contributed by atoms with Crippen molar-refractivity contribution in [3.63, 3.8) is 0 Å². The summed E-state index contributed by atoms with van der Waals surface area (Å²) in [5.41, 5.74) is 0. The largest absolute Gasteiger partial charge is 0.304 e. The zero-order valence-corrected chi connectivity index (χ0v) is 8.05. The topological polar surface area (TPSA) is 40.6 Å². The Bertz CT molecular complexity index is 253. The van der Waals surface area contributed by atoms with Crippen molar-refractivity contribution in [2.24, 2.45) is 0 Å². The van der Waals surface area contributed by atoms with Crippen molar-refractivity contribution in [1.29, 1.82) is 0 Å². The van der Waals surface area contributed by atoms with Gasteiger partial charge in [-0.3, -0.25) is 0 Å². The summed E-state index contributed by atoms with van der Waals surface area (Å²) >= 11 is 0. The third-order valence-electron chi connectivity index (χ3n) is 2.03. The van der Waals surface area contributed by atoms with E-state index < -0.39 is 10.0 Å². The fraction of sp³-hybridized carbons (Fsp3) is 0.714. The molecule has 1 aliphatic heterocycles. The summed E-state index contributed by atoms with van der Waals surface area (Å²) in [6.45, 7) is 6.03. The molecular weight excluding hydrogens is 176 g/mol. The Morgan fingerprint density at radius 2 is 1.75 bits per heavy atom. The zero-order chi connectivity index (χ0) is 9.19. The van der Waals surface area contributed by atoms with Crippen molar-refractivity contribution < 1.29 is 8.42 Å². The first-order chi connectivity index (χ1) is 5.56. The van der Waals surface area contributed by atoms with Gasteiger partial charge in [-0.05, 0) is 7.05 Å². The van der Waals surface area contributed by atoms with E-state index in [4.69, 9.17) is 0 Å². The van der Waals surface area contributed by atoms with E-state index in [1.165, 1.54) is 4.31 Å². The fourth-order valence-electron chi connectivity index (χ4n) is 1.15. The van der Waals surface area contributed by atoms with E-state index in [1.807, 2.05) is 7.05 Å². The Labute approximate surface area is 73.5 Å². The highest BCUT2D eigenvalue weighted by atomic mass is 32.2. The van der Waals surface area contributed by atoms with Crippen LogP contribution in [0.3, 0.4) is 0 Å². The molecule has 1 aliphatic rings. The molecule has 0 atom stereocenters. The molecule has 5 heteroatoms. The normalized spacial score (nSPS) is 22.4. The van der Waals surface area contributed by atoms with Crippen molar-refractivity contribution in [1.82, 2.24) is 9.21 Å². The molecule has 1 rings (SSSR count). The second kappa shape index (κ2) is 3.55. The van der Waals surface area contributed by atoms with Crippen LogP contribution in [0.5, 0.6) is 0 Å². The standard InChI is InChI=1S/C7H14N2O2S/c1-3-12(10,11)9-6-4-8(2)5-7-9/h3H,1,4-7H2,2H3. The van der Waals surface area contributed by atoms with Crippen molar-refractivity contribution in [2.75, 3.05) is 33.2 Å². The molecule has 1 fully saturated rings. The Morgan fingerprint density at radius 1 is 1.25 bits per heavy atom. The first-order valence-corrected chi connectivity index (χ1v) is 5.38. The summed E-state index contributed by atoms with van der Waals surface area (Å²) in [7, 11) is -1.19. The lowest BCUT2D eigenvalue weighted by Crippen LogP contribution is -2.46. The molecule has 0 spiro atoms. The van der Waals surface area contributed by atoms with Gasteiger partial charge in [0.25, 0.3) is 0 Å². The lowest BCUT2D eigenvalue weighted by Gasteiger charge is -2.30. The third-order valence-corrected chi connectivity index (χ3v) is 3.54. The summed E-state index contributed by atoms with van der Waals surface area (Å²) in [4.78, 5) is 2.11. The van der Waals surface area contributed by atoms with Gasteiger partial charge in [0.2, 0.25) is 10.0 Å². The number of hydrogen-bond acceptors (Lipinski definition) is 3. The summed E-state index contributed by atoms with van der Waals surface area (Å²) in [6, 6.07) is 0. The van der Waals surface area contributed by atoms with Crippen LogP contribution in [0.25, 0.3) is 0 Å². The number of hydrogen-bond donors (Lipinski definition) is 0. The third kappa shape index (κ3) is 2.06. The highest BCUT2D eigenvalue weighted by Crippen LogP contribution is 2.06. The quantitative estimate of drug-likeness (QED) is 0.600. The van der Waals surface area contributed by atoms with Gasteiger partial charge < -0.3 is 4.90 Å². The predicted molar refractivity (Wildman–Crippen MR) is 48.2 cm³/mol. The molecule has 0 amide bonds. The maximum atomic E-state index is 11.3. The van der Waals surface area contributed by atoms with E-state index in [-0.39, 0.29) is 0 Å². The smallest absolute Gasteiger partial charge is 0.235 e. The maximum absolute atomic E-state index is 11.3. The number of piperazine rings is 1. The molecule has 0 radical (unpaired) electrons. The van der Waals surface area contributed by atoms with Crippen LogP contribution in [0.2, 0.25) is 0 Å². The second-order valence-corrected chi connectivity index (χ2v) is 4.79. The molecule has 0 unspecified atom stereocenters. The monoisotopic (exact) mass is 190 g/mol. The van der Waals surface area contributed by atoms with Gasteiger partial charge in [0.05, 0.1) is 0 Å². The van der Waals surface area contributed by atoms with Gasteiger partial charge in [-0.1, -0.05) is 6.58 Å². The SMILES string of the molecule is C=CS(=O)(=O)N1CCN(C)CC1. The van der Waals surface area contributed by atoms with Crippen LogP contribution in [-0.2, 0) is 10.0 Å². The molecular formula is C7H14N2O2S. The van der Waals surface area contributed by atoms with Crippen LogP contribution in [0, 0.1) is 0 Å². The zero-order valence-electron chi connectivity index (χ0n) is 7.23. The maximum Gasteiger partial charge on any atom is 0.235 e. The number of likely N-dealkylation sites (N-methyl/N-ethyl adjacent to an activating group) is 1. The van der Waals surface area contributed by atoms with Crippen molar-refractivity contribution in [3.8, 4) is 0 Å². The number of rotatable bonds is 2. The first kappa shape index (κ1) is 9.70. The molecule has 4 nitrogen and oxygen atoms in total. The predicted octanol–water partition coefficient (Wildman–Crippen LogP) is -0.293. The molecule has 12 heavy (non-hydrogen) atoms. The molecule has 1 heterocycles. The summed E-state index contributed by atoms with van der Waals surface area (Å²) in [6.07, 6.45) is 0. The van der Waals surface area contributed by atoms with E-state index >= 15 is 0 Å². The second-order valence-electron chi connectivity index (χ2n) is 2.91. The van der Waals surface area contributed by atoms with Crippen LogP contribution in [0.4, 0.5) is 0 Å². The Hall–Kier alpha value is -0.390. The lowest BCUT2D eigenvalue weighted by molar-refractivity contribution is 0.224. The van der Waals surface area contributed by atoms with Gasteiger partial charge in [0, 0.05) is 31.6 Å². The minimum atomic E-state index is -3.17. The molecule has 1 saturated heterocycles. The van der Waals surface area contributed by atoms with Gasteiger partial charge >= 0.3 is 0 Å². The molecule has 0 aromatic rings. The van der Waals surface area contributed by atoms with Crippen LogP contribution >= 0.6 is 0 Å². The minimum Gasteiger partial charge on any atom is -0.304 e. The van der Waals surface area contributed by atoms with E-state index in [0.717, 1.165) is 18.5 Å². The van der Waals surface area contributed by atoms with E-state index in [9.17, 15) is 8.42 Å². The molecule has 0 aliphatic carbocycles. The highest BCUT2D eigenvalue weighted by molar-refractivity contribution is 7.92. The van der Waals surface area contributed by atoms with Crippen LogP contribution < -0.4 is 0 Å². The first-order valence-electron chi connectivity index (χ1n) is 3.87. The molecule has 0 aromatic heterocycles. The average molecular weight is 190 g/mol.